The lowest BCUT2D eigenvalue weighted by Crippen LogP contribution is -2.82. The van der Waals surface area contributed by atoms with Crippen LogP contribution in [0.2, 0.25) is 0 Å². The van der Waals surface area contributed by atoms with Crippen molar-refractivity contribution < 1.29 is 108 Å². The van der Waals surface area contributed by atoms with E-state index in [0.29, 0.717) is 23.3 Å². The van der Waals surface area contributed by atoms with Gasteiger partial charge in [-0.1, -0.05) is 98.0 Å². The first-order valence-electron chi connectivity index (χ1n) is 30.6. The van der Waals surface area contributed by atoms with E-state index < -0.39 is 166 Å². The molecule has 4 saturated carbocycles. The van der Waals surface area contributed by atoms with Crippen LogP contribution < -0.4 is 5.11 Å². The fourth-order valence-electron chi connectivity index (χ4n) is 16.7. The van der Waals surface area contributed by atoms with Crippen molar-refractivity contribution in [1.82, 2.24) is 0 Å². The molecule has 0 amide bonds. The molecule has 25 heteroatoms. The average molecular weight is 1340 g/mol. The molecule has 2 aromatic rings. The number of hydrogen-bond acceptors (Lipinski definition) is 22. The summed E-state index contributed by atoms with van der Waals surface area (Å²) in [6.45, 7) is 25.4. The Balaban J connectivity index is 0.000000253. The Kier molecular flexibility index (Phi) is 24.0. The first-order valence-corrected chi connectivity index (χ1v) is 31.7. The van der Waals surface area contributed by atoms with Gasteiger partial charge in [0.2, 0.25) is 0 Å². The normalized spacial score (nSPS) is 40.3. The van der Waals surface area contributed by atoms with Crippen molar-refractivity contribution in [1.29, 1.82) is 0 Å². The predicted octanol–water partition coefficient (Wildman–Crippen LogP) is 4.89. The maximum absolute atomic E-state index is 13.8. The Hall–Kier alpha value is -4.64. The summed E-state index contributed by atoms with van der Waals surface area (Å²) in [7, 11) is 0. The standard InChI is InChI=1S/C32H40O10.C29H38O10.C5H9O2.CH2Cl2.CH4.B/c1-7-22-39-24-23-16(2)19(34)14-32(37,29(23,4)5)27(41-28(36)18-11-9-8-10-12-18)25-30(6,26(24)40-22)20(35)13-21-31(25,15-38-21)42-17(3)33;1-14-17(31)12-29(36)24(38-25(35)16-9-7-6-8-10-16)22-27(5,23(34)21(33)20(14)26(29,3)4)18(32)11-19-28(22,13-37-19)39-15(2)30;1-3-5(6)7-4-2;2-1-3;;/h7-12,19-22,24-27,34-35,37H,1,13-15H2,2-6H3;6-10,17-19,21-24,31-34,36H,11-13H2,1-5H3;3,5H,1,4H2,2H3;1H2;1H4;/q;;-1;;;/t19-,20-,21?,22?,24+,25-,26+,27-,30+,31-,32+;17-,18-,19?,21+,22-,23+,24-,27+,28-,29+;;;;/m00..../s1. The number of benzene rings is 2. The van der Waals surface area contributed by atoms with Gasteiger partial charge in [-0.3, -0.25) is 9.59 Å². The lowest BCUT2D eigenvalue weighted by Gasteiger charge is -2.69. The second kappa shape index (κ2) is 28.8. The Morgan fingerprint density at radius 2 is 1.08 bits per heavy atom. The van der Waals surface area contributed by atoms with Crippen molar-refractivity contribution in [2.24, 2.45) is 33.5 Å². The Bertz CT molecular complexity index is 3100. The molecule has 3 heterocycles. The lowest BCUT2D eigenvalue weighted by atomic mass is 9.44. The van der Waals surface area contributed by atoms with E-state index in [1.165, 1.54) is 26.0 Å². The SMILES string of the molecule is C.C=CC([O-])OCC.C=CC1O[C@@H]2C3=C(C)[C@@H](O)C[C@@](O)([C@@H](OC(=O)c4ccccc4)[C@H]4[C@](C)([C@@H]2O1)[C@@H](O)CC1OC[C@]14OC(C)=O)C3(C)C.CC(=O)O[C@@]12COC1C[C@H](O)[C@@]1(C)[C@H](O)[C@H](O)C3=C(C)[C@@H](O)C[C@@](O)([C@@H](OC(=O)c4ccccc4)[C@@H]12)C3(C)C.ClCCl.[B]. The van der Waals surface area contributed by atoms with Crippen LogP contribution in [0.4, 0.5) is 0 Å². The molecule has 7 fully saturated rings. The Labute approximate surface area is 556 Å². The zero-order chi connectivity index (χ0) is 67.5. The third-order valence-electron chi connectivity index (χ3n) is 21.6. The monoisotopic (exact) mass is 1340 g/mol. The van der Waals surface area contributed by atoms with E-state index in [0.717, 1.165) is 0 Å². The zero-order valence-electron chi connectivity index (χ0n) is 53.9. The summed E-state index contributed by atoms with van der Waals surface area (Å²) in [6, 6.07) is 16.6. The molecule has 515 valence electrons. The van der Waals surface area contributed by atoms with E-state index in [1.54, 1.807) is 102 Å². The van der Waals surface area contributed by atoms with Gasteiger partial charge in [-0.05, 0) is 79.7 Å². The van der Waals surface area contributed by atoms with Gasteiger partial charge in [-0.2, -0.15) is 0 Å². The smallest absolute Gasteiger partial charge is 0.338 e. The minimum Gasteiger partial charge on any atom is -0.828 e. The molecule has 3 radical (unpaired) electrons. The Morgan fingerprint density at radius 1 is 0.677 bits per heavy atom. The Morgan fingerprint density at radius 3 is 1.44 bits per heavy atom. The molecule has 6 aliphatic carbocycles. The molecule has 9 aliphatic rings. The van der Waals surface area contributed by atoms with Gasteiger partial charge in [0.05, 0.1) is 78.1 Å². The maximum atomic E-state index is 13.8. The van der Waals surface area contributed by atoms with Crippen LogP contribution in [-0.2, 0) is 52.2 Å². The third kappa shape index (κ3) is 12.6. The number of ether oxygens (including phenoxy) is 9. The minimum atomic E-state index is -2.02. The van der Waals surface area contributed by atoms with E-state index in [-0.39, 0.29) is 76.8 Å². The molecule has 22 atom stereocenters. The lowest BCUT2D eigenvalue weighted by molar-refractivity contribution is -0.471. The van der Waals surface area contributed by atoms with Crippen molar-refractivity contribution >= 4 is 55.5 Å². The maximum Gasteiger partial charge on any atom is 0.338 e. The highest BCUT2D eigenvalue weighted by atomic mass is 35.5. The largest absolute Gasteiger partial charge is 0.828 e. The highest BCUT2D eigenvalue weighted by Gasteiger charge is 2.80. The summed E-state index contributed by atoms with van der Waals surface area (Å²) >= 11 is 9.53. The van der Waals surface area contributed by atoms with Crippen LogP contribution in [0.1, 0.15) is 130 Å². The highest BCUT2D eigenvalue weighted by Crippen LogP contribution is 2.68. The zero-order valence-corrected chi connectivity index (χ0v) is 55.4. The summed E-state index contributed by atoms with van der Waals surface area (Å²) < 4.78 is 53.6. The number of carbonyl (C=O) groups is 4. The van der Waals surface area contributed by atoms with Crippen LogP contribution in [0.5, 0.6) is 0 Å². The summed E-state index contributed by atoms with van der Waals surface area (Å²) in [5.74, 6) is -4.97. The molecule has 8 N–H and O–H groups in total. The topological polar surface area (TPSA) is 336 Å². The van der Waals surface area contributed by atoms with E-state index >= 15 is 0 Å². The van der Waals surface area contributed by atoms with Crippen LogP contribution in [0.15, 0.2) is 108 Å². The number of carbonyl (C=O) groups excluding carboxylic acids is 4. The highest BCUT2D eigenvalue weighted by molar-refractivity contribution is 6.40. The van der Waals surface area contributed by atoms with E-state index in [9.17, 15) is 65.1 Å². The number of alkyl halides is 2. The van der Waals surface area contributed by atoms with E-state index in [2.05, 4.69) is 17.9 Å². The molecule has 11 rings (SSSR count). The quantitative estimate of drug-likeness (QED) is 0.0392. The minimum absolute atomic E-state index is 0. The molecule has 3 saturated heterocycles. The number of rotatable bonds is 10. The van der Waals surface area contributed by atoms with Gasteiger partial charge < -0.3 is 88.6 Å². The van der Waals surface area contributed by atoms with Crippen molar-refractivity contribution in [3.63, 3.8) is 0 Å². The van der Waals surface area contributed by atoms with Crippen molar-refractivity contribution in [2.45, 2.75) is 218 Å². The third-order valence-corrected chi connectivity index (χ3v) is 21.6. The van der Waals surface area contributed by atoms with Crippen LogP contribution >= 0.6 is 23.2 Å². The molecule has 0 aromatic heterocycles. The number of esters is 4. The summed E-state index contributed by atoms with van der Waals surface area (Å²) in [4.78, 5) is 52.5. The van der Waals surface area contributed by atoms with Crippen molar-refractivity contribution in [3.05, 3.63) is 119 Å². The van der Waals surface area contributed by atoms with E-state index in [1.807, 2.05) is 20.8 Å². The van der Waals surface area contributed by atoms with Gasteiger partial charge >= 0.3 is 23.9 Å². The second-order valence-electron chi connectivity index (χ2n) is 26.8. The van der Waals surface area contributed by atoms with Crippen LogP contribution in [0.3, 0.4) is 0 Å². The summed E-state index contributed by atoms with van der Waals surface area (Å²) in [6.07, 6.45) is -13.5. The number of aliphatic hydroxyl groups excluding tert-OH is 6. The summed E-state index contributed by atoms with van der Waals surface area (Å²) in [5, 5.41) is 106. The van der Waals surface area contributed by atoms with Gasteiger partial charge in [0.1, 0.15) is 47.8 Å². The molecular weight excluding hydrogens is 1250 g/mol. The molecule has 4 bridgehead atoms. The fourth-order valence-corrected chi connectivity index (χ4v) is 16.7. The fraction of sp³-hybridized carbons (Fsp3) is 0.647. The average Bonchev–Trinajstić information content (AvgIpc) is 1.41. The van der Waals surface area contributed by atoms with Gasteiger partial charge in [-0.25, -0.2) is 9.59 Å². The number of halogens is 2. The van der Waals surface area contributed by atoms with Gasteiger partial charge in [0, 0.05) is 76.2 Å². The van der Waals surface area contributed by atoms with Crippen LogP contribution in [-0.4, -0.2) is 207 Å². The first kappa shape index (κ1) is 77.4. The van der Waals surface area contributed by atoms with Crippen molar-refractivity contribution in [2.75, 3.05) is 25.2 Å². The van der Waals surface area contributed by atoms with Gasteiger partial charge in [-0.15, -0.1) is 29.8 Å². The van der Waals surface area contributed by atoms with Crippen LogP contribution in [0, 0.1) is 33.5 Å². The molecule has 4 unspecified atom stereocenters. The number of aliphatic hydroxyl groups is 8. The molecule has 22 nitrogen and oxygen atoms in total. The second-order valence-corrected chi connectivity index (χ2v) is 27.6. The molecule has 0 spiro atoms. The van der Waals surface area contributed by atoms with Crippen molar-refractivity contribution in [3.8, 4) is 0 Å². The number of fused-ring (bicyclic) bond motifs is 13. The van der Waals surface area contributed by atoms with E-state index in [4.69, 9.17) is 61.1 Å². The van der Waals surface area contributed by atoms with Gasteiger partial charge in [0.15, 0.2) is 17.5 Å². The predicted molar refractivity (Wildman–Crippen MR) is 339 cm³/mol. The first-order chi connectivity index (χ1) is 42.6. The van der Waals surface area contributed by atoms with Gasteiger partial charge in [0.25, 0.3) is 0 Å². The summed E-state index contributed by atoms with van der Waals surface area (Å²) in [5.41, 5.74) is -9.92. The molecule has 93 heavy (non-hydrogen) atoms. The number of hydrogen-bond donors (Lipinski definition) is 8. The molecule has 2 aromatic carbocycles. The molecule has 3 aliphatic heterocycles. The molecular formula is C68H93BCl2O22-. The van der Waals surface area contributed by atoms with Crippen LogP contribution in [0.25, 0.3) is 0 Å².